The van der Waals surface area contributed by atoms with Gasteiger partial charge in [-0.3, -0.25) is 9.35 Å². The second-order valence-corrected chi connectivity index (χ2v) is 6.73. The van der Waals surface area contributed by atoms with E-state index in [2.05, 4.69) is 0 Å². The fourth-order valence-electron chi connectivity index (χ4n) is 2.10. The number of allylic oxidation sites excluding steroid dienone is 1. The average Bonchev–Trinajstić information content (AvgIpc) is 2.36. The third kappa shape index (κ3) is 5.32. The molecule has 0 bridgehead atoms. The third-order valence-corrected chi connectivity index (χ3v) is 4.12. The molecule has 1 amide bonds. The number of amides is 1. The number of carbonyl (C=O) groups is 1. The van der Waals surface area contributed by atoms with Gasteiger partial charge in [0.05, 0.1) is 10.5 Å². The molecule has 0 saturated carbocycles. The topological polar surface area (TPSA) is 97.5 Å². The minimum Gasteiger partial charge on any atom is -0.366 e. The second-order valence-electron chi connectivity index (χ2n) is 5.29. The summed E-state index contributed by atoms with van der Waals surface area (Å²) in [6, 6.07) is 8.28. The predicted molar refractivity (Wildman–Crippen MR) is 82.8 cm³/mol. The van der Waals surface area contributed by atoms with Gasteiger partial charge in [-0.2, -0.15) is 8.42 Å². The van der Waals surface area contributed by atoms with Crippen molar-refractivity contribution < 1.29 is 17.8 Å². The first kappa shape index (κ1) is 17.4. The fourth-order valence-corrected chi connectivity index (χ4v) is 2.98. The Morgan fingerprint density at radius 2 is 1.81 bits per heavy atom. The van der Waals surface area contributed by atoms with Crippen LogP contribution in [0.3, 0.4) is 0 Å². The molecule has 0 fully saturated rings. The van der Waals surface area contributed by atoms with Gasteiger partial charge in [0.1, 0.15) is 0 Å². The molecule has 0 heterocycles. The molecule has 21 heavy (non-hydrogen) atoms. The van der Waals surface area contributed by atoms with Gasteiger partial charge in [-0.25, -0.2) is 0 Å². The van der Waals surface area contributed by atoms with E-state index in [0.29, 0.717) is 17.9 Å². The monoisotopic (exact) mass is 311 g/mol. The lowest BCUT2D eigenvalue weighted by Gasteiger charge is -2.12. The van der Waals surface area contributed by atoms with Gasteiger partial charge < -0.3 is 5.73 Å². The Hall–Kier alpha value is -1.66. The summed E-state index contributed by atoms with van der Waals surface area (Å²) in [5, 5.41) is 0. The van der Waals surface area contributed by atoms with E-state index >= 15 is 0 Å². The zero-order chi connectivity index (χ0) is 16.0. The second kappa shape index (κ2) is 7.38. The van der Waals surface area contributed by atoms with Gasteiger partial charge in [-0.05, 0) is 24.3 Å². The van der Waals surface area contributed by atoms with Gasteiger partial charge in [0, 0.05) is 0 Å². The number of benzene rings is 1. The van der Waals surface area contributed by atoms with Gasteiger partial charge in [0.25, 0.3) is 10.1 Å². The van der Waals surface area contributed by atoms with Crippen LogP contribution >= 0.6 is 0 Å². The third-order valence-electron chi connectivity index (χ3n) is 3.08. The summed E-state index contributed by atoms with van der Waals surface area (Å²) < 4.78 is 32.7. The Kier molecular flexibility index (Phi) is 6.11. The number of primary amides is 1. The minimum absolute atomic E-state index is 0.0875. The van der Waals surface area contributed by atoms with Crippen molar-refractivity contribution in [3.05, 3.63) is 40.8 Å². The lowest BCUT2D eigenvalue weighted by atomic mass is 10.0. The van der Waals surface area contributed by atoms with E-state index < -0.39 is 16.0 Å². The molecule has 0 aliphatic heterocycles. The van der Waals surface area contributed by atoms with Crippen LogP contribution in [0.5, 0.6) is 0 Å². The first-order chi connectivity index (χ1) is 9.73. The smallest absolute Gasteiger partial charge is 0.291 e. The standard InChI is InChI=1S/C15H21NO4S/c1-11(2)7-6-10-13(21(18,19)20)14(15(16)17)12-8-4-3-5-9-12/h3-5,8-9,11H,6-7,10H2,1-2H3,(H2,16,17)(H,18,19,20). The van der Waals surface area contributed by atoms with E-state index in [1.807, 2.05) is 13.8 Å². The number of carbonyl (C=O) groups excluding carboxylic acids is 1. The molecule has 5 nitrogen and oxygen atoms in total. The van der Waals surface area contributed by atoms with Crippen molar-refractivity contribution in [1.82, 2.24) is 0 Å². The molecule has 0 unspecified atom stereocenters. The van der Waals surface area contributed by atoms with Gasteiger partial charge in [0.15, 0.2) is 0 Å². The van der Waals surface area contributed by atoms with Crippen LogP contribution in [0, 0.1) is 5.92 Å². The van der Waals surface area contributed by atoms with Crippen molar-refractivity contribution >= 4 is 21.6 Å². The van der Waals surface area contributed by atoms with Crippen molar-refractivity contribution in [2.75, 3.05) is 0 Å². The summed E-state index contributed by atoms with van der Waals surface area (Å²) in [6.07, 6.45) is 1.43. The maximum absolute atomic E-state index is 11.7. The highest BCUT2D eigenvalue weighted by Gasteiger charge is 2.24. The molecule has 6 heteroatoms. The van der Waals surface area contributed by atoms with Crippen molar-refractivity contribution in [2.45, 2.75) is 33.1 Å². The maximum Gasteiger partial charge on any atom is 0.291 e. The molecule has 0 aliphatic rings. The molecule has 1 aromatic rings. The largest absolute Gasteiger partial charge is 0.366 e. The molecule has 0 aliphatic carbocycles. The van der Waals surface area contributed by atoms with Crippen LogP contribution in [0.1, 0.15) is 38.7 Å². The highest BCUT2D eigenvalue weighted by atomic mass is 32.2. The molecule has 0 atom stereocenters. The number of hydrogen-bond acceptors (Lipinski definition) is 3. The Bertz CT molecular complexity index is 618. The maximum atomic E-state index is 11.7. The van der Waals surface area contributed by atoms with E-state index in [4.69, 9.17) is 5.73 Å². The summed E-state index contributed by atoms with van der Waals surface area (Å²) in [4.78, 5) is 11.4. The predicted octanol–water partition coefficient (Wildman–Crippen LogP) is 2.60. The summed E-state index contributed by atoms with van der Waals surface area (Å²) in [6.45, 7) is 4.03. The summed E-state index contributed by atoms with van der Waals surface area (Å²) in [5.41, 5.74) is 5.58. The van der Waals surface area contributed by atoms with Crippen molar-refractivity contribution in [3.63, 3.8) is 0 Å². The van der Waals surface area contributed by atoms with Gasteiger partial charge >= 0.3 is 0 Å². The lowest BCUT2D eigenvalue weighted by Crippen LogP contribution is -2.18. The van der Waals surface area contributed by atoms with Crippen LogP contribution in [0.25, 0.3) is 5.57 Å². The highest BCUT2D eigenvalue weighted by Crippen LogP contribution is 2.26. The van der Waals surface area contributed by atoms with Crippen molar-refractivity contribution in [1.29, 1.82) is 0 Å². The summed E-state index contributed by atoms with van der Waals surface area (Å²) in [5.74, 6) is -0.459. The Morgan fingerprint density at radius 3 is 2.24 bits per heavy atom. The van der Waals surface area contributed by atoms with E-state index in [1.54, 1.807) is 30.3 Å². The molecule has 116 valence electrons. The fraction of sp³-hybridized carbons (Fsp3) is 0.400. The molecule has 1 aromatic carbocycles. The van der Waals surface area contributed by atoms with Gasteiger partial charge in [0.2, 0.25) is 5.91 Å². The Balaban J connectivity index is 3.31. The molecule has 0 aromatic heterocycles. The Morgan fingerprint density at radius 1 is 1.24 bits per heavy atom. The zero-order valence-electron chi connectivity index (χ0n) is 12.2. The quantitative estimate of drug-likeness (QED) is 0.597. The normalized spacial score (nSPS) is 13.1. The number of rotatable bonds is 7. The van der Waals surface area contributed by atoms with Crippen molar-refractivity contribution in [2.24, 2.45) is 11.7 Å². The lowest BCUT2D eigenvalue weighted by molar-refractivity contribution is -0.112. The molecule has 1 rings (SSSR count). The summed E-state index contributed by atoms with van der Waals surface area (Å²) in [7, 11) is -4.48. The van der Waals surface area contributed by atoms with E-state index in [9.17, 15) is 17.8 Å². The van der Waals surface area contributed by atoms with E-state index in [0.717, 1.165) is 6.42 Å². The molecule has 0 saturated heterocycles. The zero-order valence-corrected chi connectivity index (χ0v) is 13.1. The molecule has 0 spiro atoms. The van der Waals surface area contributed by atoms with Crippen LogP contribution in [-0.2, 0) is 14.9 Å². The van der Waals surface area contributed by atoms with Crippen LogP contribution in [-0.4, -0.2) is 18.9 Å². The average molecular weight is 311 g/mol. The van der Waals surface area contributed by atoms with Gasteiger partial charge in [-0.15, -0.1) is 0 Å². The highest BCUT2D eigenvalue weighted by molar-refractivity contribution is 7.90. The SMILES string of the molecule is CC(C)CCCC(=C(C(N)=O)c1ccccc1)S(=O)(=O)O. The van der Waals surface area contributed by atoms with Crippen LogP contribution in [0.15, 0.2) is 35.2 Å². The summed E-state index contributed by atoms with van der Waals surface area (Å²) >= 11 is 0. The molecule has 0 radical (unpaired) electrons. The van der Waals surface area contributed by atoms with Crippen LogP contribution in [0.4, 0.5) is 0 Å². The Labute approximate surface area is 125 Å². The van der Waals surface area contributed by atoms with Gasteiger partial charge in [-0.1, -0.05) is 50.6 Å². The van der Waals surface area contributed by atoms with E-state index in [1.165, 1.54) is 0 Å². The van der Waals surface area contributed by atoms with Crippen LogP contribution < -0.4 is 5.73 Å². The van der Waals surface area contributed by atoms with Crippen LogP contribution in [0.2, 0.25) is 0 Å². The number of hydrogen-bond donors (Lipinski definition) is 2. The van der Waals surface area contributed by atoms with E-state index in [-0.39, 0.29) is 16.9 Å². The molecule has 3 N–H and O–H groups in total. The molecular weight excluding hydrogens is 290 g/mol. The minimum atomic E-state index is -4.48. The molecular formula is C15H21NO4S. The van der Waals surface area contributed by atoms with Crippen molar-refractivity contribution in [3.8, 4) is 0 Å². The number of nitrogens with two attached hydrogens (primary N) is 1. The first-order valence-corrected chi connectivity index (χ1v) is 8.23. The first-order valence-electron chi connectivity index (χ1n) is 6.79.